The molecule has 2 aliphatic heterocycles. The second-order valence-corrected chi connectivity index (χ2v) is 9.52. The SMILES string of the molecule is C/C(=C\c1ccccc1O)CC[C@H]1OC[C@H]2C1=C(C(C)C)CS2(=O)=O. The molecule has 1 aromatic rings. The fourth-order valence-corrected chi connectivity index (χ4v) is 5.86. The number of para-hydroxylation sites is 1. The van der Waals surface area contributed by atoms with Crippen LogP contribution in [0.2, 0.25) is 0 Å². The van der Waals surface area contributed by atoms with Crippen LogP contribution in [0.4, 0.5) is 0 Å². The number of benzene rings is 1. The smallest absolute Gasteiger partial charge is 0.163 e. The number of fused-ring (bicyclic) bond motifs is 1. The Balaban J connectivity index is 1.74. The van der Waals surface area contributed by atoms with E-state index in [9.17, 15) is 13.5 Å². The van der Waals surface area contributed by atoms with E-state index in [0.29, 0.717) is 6.61 Å². The maximum atomic E-state index is 12.4. The number of phenolic OH excluding ortho intramolecular Hbond substituents is 1. The molecule has 0 aliphatic carbocycles. The zero-order valence-electron chi connectivity index (χ0n) is 15.0. The van der Waals surface area contributed by atoms with E-state index in [4.69, 9.17) is 4.74 Å². The molecule has 0 aromatic heterocycles. The highest BCUT2D eigenvalue weighted by Crippen LogP contribution is 2.40. The first kappa shape index (κ1) is 18.2. The first-order valence-electron chi connectivity index (χ1n) is 8.80. The second-order valence-electron chi connectivity index (χ2n) is 7.34. The molecule has 0 radical (unpaired) electrons. The van der Waals surface area contributed by atoms with Gasteiger partial charge in [-0.05, 0) is 42.9 Å². The summed E-state index contributed by atoms with van der Waals surface area (Å²) in [6, 6.07) is 7.25. The predicted molar refractivity (Wildman–Crippen MR) is 100 cm³/mol. The van der Waals surface area contributed by atoms with Gasteiger partial charge in [0.2, 0.25) is 0 Å². The molecule has 5 heteroatoms. The Hall–Kier alpha value is -1.59. The van der Waals surface area contributed by atoms with E-state index in [0.717, 1.165) is 35.1 Å². The minimum absolute atomic E-state index is 0.104. The van der Waals surface area contributed by atoms with Crippen molar-refractivity contribution in [3.05, 3.63) is 46.5 Å². The lowest BCUT2D eigenvalue weighted by molar-refractivity contribution is 0.117. The molecule has 1 N–H and O–H groups in total. The molecule has 1 fully saturated rings. The summed E-state index contributed by atoms with van der Waals surface area (Å²) in [5, 5.41) is 9.44. The lowest BCUT2D eigenvalue weighted by Crippen LogP contribution is -2.19. The summed E-state index contributed by atoms with van der Waals surface area (Å²) in [6.07, 6.45) is 3.45. The van der Waals surface area contributed by atoms with Crippen LogP contribution >= 0.6 is 0 Å². The molecule has 3 rings (SSSR count). The molecule has 2 atom stereocenters. The van der Waals surface area contributed by atoms with E-state index in [1.165, 1.54) is 0 Å². The fraction of sp³-hybridized carbons (Fsp3) is 0.500. The fourth-order valence-electron chi connectivity index (χ4n) is 3.75. The molecule has 2 heterocycles. The Labute approximate surface area is 150 Å². The number of rotatable bonds is 5. The maximum Gasteiger partial charge on any atom is 0.163 e. The van der Waals surface area contributed by atoms with Gasteiger partial charge in [-0.25, -0.2) is 8.42 Å². The van der Waals surface area contributed by atoms with Crippen LogP contribution in [0.5, 0.6) is 5.75 Å². The lowest BCUT2D eigenvalue weighted by Gasteiger charge is -2.16. The normalized spacial score (nSPS) is 25.7. The highest BCUT2D eigenvalue weighted by Gasteiger charge is 2.47. The topological polar surface area (TPSA) is 63.6 Å². The van der Waals surface area contributed by atoms with Gasteiger partial charge >= 0.3 is 0 Å². The predicted octanol–water partition coefficient (Wildman–Crippen LogP) is 3.72. The van der Waals surface area contributed by atoms with Crippen LogP contribution in [0.25, 0.3) is 6.08 Å². The first-order valence-corrected chi connectivity index (χ1v) is 10.5. The van der Waals surface area contributed by atoms with E-state index >= 15 is 0 Å². The number of allylic oxidation sites excluding steroid dienone is 1. The number of ether oxygens (including phenoxy) is 1. The zero-order chi connectivity index (χ0) is 18.2. The number of aromatic hydroxyl groups is 1. The van der Waals surface area contributed by atoms with Gasteiger partial charge in [0.25, 0.3) is 0 Å². The van der Waals surface area contributed by atoms with E-state index in [1.54, 1.807) is 12.1 Å². The van der Waals surface area contributed by atoms with Crippen LogP contribution in [-0.4, -0.2) is 37.2 Å². The largest absolute Gasteiger partial charge is 0.507 e. The van der Waals surface area contributed by atoms with Gasteiger partial charge in [-0.1, -0.05) is 43.7 Å². The Kier molecular flexibility index (Phi) is 5.07. The number of sulfone groups is 1. The van der Waals surface area contributed by atoms with Gasteiger partial charge in [-0.3, -0.25) is 0 Å². The minimum Gasteiger partial charge on any atom is -0.507 e. The van der Waals surface area contributed by atoms with Crippen molar-refractivity contribution >= 4 is 15.9 Å². The molecule has 136 valence electrons. The van der Waals surface area contributed by atoms with Crippen LogP contribution in [-0.2, 0) is 14.6 Å². The van der Waals surface area contributed by atoms with Gasteiger partial charge < -0.3 is 9.84 Å². The summed E-state index contributed by atoms with van der Waals surface area (Å²) in [7, 11) is -3.09. The lowest BCUT2D eigenvalue weighted by atomic mass is 9.92. The third-order valence-corrected chi connectivity index (χ3v) is 7.11. The molecule has 0 spiro atoms. The van der Waals surface area contributed by atoms with Gasteiger partial charge in [-0.15, -0.1) is 0 Å². The molecule has 1 saturated heterocycles. The Morgan fingerprint density at radius 1 is 1.36 bits per heavy atom. The monoisotopic (exact) mass is 362 g/mol. The van der Waals surface area contributed by atoms with E-state index in [1.807, 2.05) is 25.1 Å². The summed E-state index contributed by atoms with van der Waals surface area (Å²) in [5.74, 6) is 0.694. The quantitative estimate of drug-likeness (QED) is 0.811. The summed E-state index contributed by atoms with van der Waals surface area (Å²) < 4.78 is 30.6. The molecule has 1 aromatic carbocycles. The van der Waals surface area contributed by atoms with Gasteiger partial charge in [0.1, 0.15) is 11.0 Å². The van der Waals surface area contributed by atoms with Gasteiger partial charge in [0.15, 0.2) is 9.84 Å². The minimum atomic E-state index is -3.09. The molecule has 25 heavy (non-hydrogen) atoms. The van der Waals surface area contributed by atoms with E-state index in [-0.39, 0.29) is 23.5 Å². The van der Waals surface area contributed by atoms with E-state index < -0.39 is 15.1 Å². The third kappa shape index (κ3) is 3.67. The summed E-state index contributed by atoms with van der Waals surface area (Å²) >= 11 is 0. The average molecular weight is 362 g/mol. The summed E-state index contributed by atoms with van der Waals surface area (Å²) in [6.45, 7) is 6.43. The number of hydrogen-bond acceptors (Lipinski definition) is 4. The molecular formula is C20H26O4S. The number of hydrogen-bond donors (Lipinski definition) is 1. The summed E-state index contributed by atoms with van der Waals surface area (Å²) in [4.78, 5) is 0. The summed E-state index contributed by atoms with van der Waals surface area (Å²) in [5.41, 5.74) is 4.01. The molecule has 0 saturated carbocycles. The van der Waals surface area contributed by atoms with Crippen molar-refractivity contribution in [1.29, 1.82) is 0 Å². The first-order chi connectivity index (χ1) is 11.8. The maximum absolute atomic E-state index is 12.4. The van der Waals surface area contributed by atoms with Crippen molar-refractivity contribution in [2.45, 2.75) is 45.0 Å². The number of phenols is 1. The van der Waals surface area contributed by atoms with Crippen molar-refractivity contribution in [2.24, 2.45) is 5.92 Å². The molecular weight excluding hydrogens is 336 g/mol. The van der Waals surface area contributed by atoms with Gasteiger partial charge in [0.05, 0.1) is 18.5 Å². The molecule has 0 amide bonds. The van der Waals surface area contributed by atoms with E-state index in [2.05, 4.69) is 13.8 Å². The molecule has 0 bridgehead atoms. The standard InChI is InChI=1S/C20H26O4S/c1-13(2)16-12-25(22,23)19-11-24-18(20(16)19)9-8-14(3)10-15-6-4-5-7-17(15)21/h4-7,10,13,18-19,21H,8-9,11-12H2,1-3H3/b14-10+/t18-,19+/m1/s1. The highest BCUT2D eigenvalue weighted by molar-refractivity contribution is 7.92. The van der Waals surface area contributed by atoms with Crippen LogP contribution < -0.4 is 0 Å². The van der Waals surface area contributed by atoms with Crippen molar-refractivity contribution in [2.75, 3.05) is 12.4 Å². The van der Waals surface area contributed by atoms with Crippen molar-refractivity contribution in [3.63, 3.8) is 0 Å². The highest BCUT2D eigenvalue weighted by atomic mass is 32.2. The third-order valence-electron chi connectivity index (χ3n) is 5.14. The van der Waals surface area contributed by atoms with Crippen molar-refractivity contribution in [1.82, 2.24) is 0 Å². The Morgan fingerprint density at radius 2 is 2.08 bits per heavy atom. The average Bonchev–Trinajstić information content (AvgIpc) is 3.07. The van der Waals surface area contributed by atoms with Crippen LogP contribution in [0.3, 0.4) is 0 Å². The van der Waals surface area contributed by atoms with Crippen molar-refractivity contribution < 1.29 is 18.3 Å². The van der Waals surface area contributed by atoms with Gasteiger partial charge in [0, 0.05) is 5.56 Å². The molecule has 2 aliphatic rings. The molecule has 0 unspecified atom stereocenters. The van der Waals surface area contributed by atoms with Crippen molar-refractivity contribution in [3.8, 4) is 5.75 Å². The van der Waals surface area contributed by atoms with Crippen LogP contribution in [0, 0.1) is 5.92 Å². The van der Waals surface area contributed by atoms with Crippen LogP contribution in [0.15, 0.2) is 41.0 Å². The zero-order valence-corrected chi connectivity index (χ0v) is 15.8. The van der Waals surface area contributed by atoms with Crippen LogP contribution in [0.1, 0.15) is 39.2 Å². The Morgan fingerprint density at radius 3 is 2.76 bits per heavy atom. The molecule has 4 nitrogen and oxygen atoms in total. The second kappa shape index (κ2) is 6.96. The Bertz CT molecular complexity index is 818. The van der Waals surface area contributed by atoms with Gasteiger partial charge in [-0.2, -0.15) is 0 Å².